The van der Waals surface area contributed by atoms with Crippen LogP contribution in [-0.2, 0) is 6.42 Å². The van der Waals surface area contributed by atoms with E-state index in [4.69, 9.17) is 0 Å². The number of rotatable bonds is 3. The van der Waals surface area contributed by atoms with Gasteiger partial charge in [-0.3, -0.25) is 0 Å². The van der Waals surface area contributed by atoms with Gasteiger partial charge in [-0.2, -0.15) is 5.26 Å². The van der Waals surface area contributed by atoms with Crippen LogP contribution >= 0.6 is 15.9 Å². The highest BCUT2D eigenvalue weighted by molar-refractivity contribution is 9.10. The smallest absolute Gasteiger partial charge is 0.143 e. The third-order valence-electron chi connectivity index (χ3n) is 4.42. The lowest BCUT2D eigenvalue weighted by Crippen LogP contribution is -2.30. The first-order valence-corrected chi connectivity index (χ1v) is 7.84. The lowest BCUT2D eigenvalue weighted by molar-refractivity contribution is 0.191. The van der Waals surface area contributed by atoms with Gasteiger partial charge in [-0.15, -0.1) is 0 Å². The van der Waals surface area contributed by atoms with Crippen LogP contribution in [0.25, 0.3) is 0 Å². The largest absolute Gasteiger partial charge is 0.207 e. The predicted molar refractivity (Wildman–Crippen MR) is 78.1 cm³/mol. The third-order valence-corrected chi connectivity index (χ3v) is 5.03. The molecule has 0 saturated heterocycles. The van der Waals surface area contributed by atoms with Gasteiger partial charge < -0.3 is 0 Å². The van der Waals surface area contributed by atoms with Crippen molar-refractivity contribution in [2.24, 2.45) is 11.3 Å². The lowest BCUT2D eigenvalue weighted by Gasteiger charge is -2.35. The number of nitrogens with zero attached hydrogens (tertiary/aromatic N) is 1. The summed E-state index contributed by atoms with van der Waals surface area (Å²) in [5.41, 5.74) is -0.584. The molecular weight excluding hydrogens is 324 g/mol. The second-order valence-electron chi connectivity index (χ2n) is 5.76. The molecule has 108 valence electrons. The summed E-state index contributed by atoms with van der Waals surface area (Å²) in [6.07, 6.45) is 4.73. The summed E-state index contributed by atoms with van der Waals surface area (Å²) in [5, 5.41) is 9.56. The average Bonchev–Trinajstić information content (AvgIpc) is 2.48. The predicted octanol–water partition coefficient (Wildman–Crippen LogP) is 5.38. The Morgan fingerprint density at radius 1 is 1.45 bits per heavy atom. The molecule has 2 rings (SSSR count). The lowest BCUT2D eigenvalue weighted by atomic mass is 9.67. The van der Waals surface area contributed by atoms with Crippen molar-refractivity contribution in [3.05, 3.63) is 33.8 Å². The number of hydrogen-bond donors (Lipinski definition) is 0. The van der Waals surface area contributed by atoms with Gasteiger partial charge in [0.25, 0.3) is 0 Å². The van der Waals surface area contributed by atoms with Gasteiger partial charge in [0, 0.05) is 5.56 Å². The molecule has 1 saturated carbocycles. The van der Waals surface area contributed by atoms with E-state index in [2.05, 4.69) is 28.9 Å². The molecule has 20 heavy (non-hydrogen) atoms. The Labute approximate surface area is 127 Å². The molecule has 4 heteroatoms. The van der Waals surface area contributed by atoms with Crippen LogP contribution in [0.15, 0.2) is 16.6 Å². The zero-order valence-corrected chi connectivity index (χ0v) is 13.1. The molecular formula is C16H18BrF2N. The molecule has 0 aliphatic heterocycles. The van der Waals surface area contributed by atoms with Gasteiger partial charge in [0.15, 0.2) is 0 Å². The van der Waals surface area contributed by atoms with E-state index in [0.717, 1.165) is 32.1 Å². The summed E-state index contributed by atoms with van der Waals surface area (Å²) in [4.78, 5) is 0. The first-order valence-electron chi connectivity index (χ1n) is 7.05. The highest BCUT2D eigenvalue weighted by Gasteiger charge is 2.37. The number of halogens is 3. The molecule has 0 bridgehead atoms. The number of nitriles is 1. The molecule has 0 spiro atoms. The second kappa shape index (κ2) is 6.22. The molecule has 0 aromatic heterocycles. The molecule has 1 aromatic rings. The molecule has 1 aromatic carbocycles. The minimum Gasteiger partial charge on any atom is -0.207 e. The highest BCUT2D eigenvalue weighted by Crippen LogP contribution is 2.43. The maximum Gasteiger partial charge on any atom is 0.143 e. The summed E-state index contributed by atoms with van der Waals surface area (Å²) >= 11 is 3.09. The van der Waals surface area contributed by atoms with Gasteiger partial charge in [0.05, 0.1) is 16.0 Å². The maximum absolute atomic E-state index is 14.1. The van der Waals surface area contributed by atoms with Crippen LogP contribution in [0.2, 0.25) is 0 Å². The molecule has 1 aliphatic rings. The molecule has 2 atom stereocenters. The minimum absolute atomic E-state index is 0.0395. The van der Waals surface area contributed by atoms with Gasteiger partial charge >= 0.3 is 0 Å². The van der Waals surface area contributed by atoms with Gasteiger partial charge in [0.2, 0.25) is 0 Å². The monoisotopic (exact) mass is 341 g/mol. The molecule has 2 unspecified atom stereocenters. The van der Waals surface area contributed by atoms with E-state index in [9.17, 15) is 14.0 Å². The molecule has 1 nitrogen and oxygen atoms in total. The van der Waals surface area contributed by atoms with Crippen molar-refractivity contribution in [1.29, 1.82) is 5.26 Å². The van der Waals surface area contributed by atoms with Gasteiger partial charge in [-0.05, 0) is 53.2 Å². The Balaban J connectivity index is 2.31. The fourth-order valence-electron chi connectivity index (χ4n) is 3.21. The van der Waals surface area contributed by atoms with Crippen molar-refractivity contribution in [2.75, 3.05) is 0 Å². The van der Waals surface area contributed by atoms with Crippen LogP contribution in [0.4, 0.5) is 8.78 Å². The fourth-order valence-corrected chi connectivity index (χ4v) is 3.58. The van der Waals surface area contributed by atoms with Crippen molar-refractivity contribution < 1.29 is 8.78 Å². The van der Waals surface area contributed by atoms with Gasteiger partial charge in [-0.1, -0.05) is 26.2 Å². The first kappa shape index (κ1) is 15.4. The van der Waals surface area contributed by atoms with Gasteiger partial charge in [-0.25, -0.2) is 8.78 Å². The molecule has 0 amide bonds. The Hall–Kier alpha value is -0.950. The SMILES string of the molecule is CCC1CCCC(C#N)(Cc2c(F)ccc(Br)c2F)C1. The van der Waals surface area contributed by atoms with Crippen LogP contribution < -0.4 is 0 Å². The third kappa shape index (κ3) is 3.03. The Morgan fingerprint density at radius 2 is 2.20 bits per heavy atom. The van der Waals surface area contributed by atoms with Crippen molar-refractivity contribution in [3.8, 4) is 6.07 Å². The van der Waals surface area contributed by atoms with E-state index in [0.29, 0.717) is 5.92 Å². The standard InChI is InChI=1S/C16H18BrF2N/c1-2-11-4-3-7-16(8-11,10-20)9-12-14(18)6-5-13(17)15(12)19/h5-6,11H,2-4,7-9H2,1H3. The van der Waals surface area contributed by atoms with Crippen molar-refractivity contribution in [2.45, 2.75) is 45.4 Å². The fraction of sp³-hybridized carbons (Fsp3) is 0.562. The van der Waals surface area contributed by atoms with Crippen molar-refractivity contribution in [1.82, 2.24) is 0 Å². The number of benzene rings is 1. The first-order chi connectivity index (χ1) is 9.51. The van der Waals surface area contributed by atoms with E-state index in [1.54, 1.807) is 0 Å². The maximum atomic E-state index is 14.1. The Morgan fingerprint density at radius 3 is 2.85 bits per heavy atom. The quantitative estimate of drug-likeness (QED) is 0.677. The van der Waals surface area contributed by atoms with Crippen molar-refractivity contribution >= 4 is 15.9 Å². The van der Waals surface area contributed by atoms with E-state index in [-0.39, 0.29) is 16.5 Å². The summed E-state index contributed by atoms with van der Waals surface area (Å²) in [7, 11) is 0. The zero-order valence-electron chi connectivity index (χ0n) is 11.6. The topological polar surface area (TPSA) is 23.8 Å². The van der Waals surface area contributed by atoms with E-state index in [1.807, 2.05) is 0 Å². The van der Waals surface area contributed by atoms with E-state index in [1.165, 1.54) is 12.1 Å². The zero-order chi connectivity index (χ0) is 14.8. The second-order valence-corrected chi connectivity index (χ2v) is 6.62. The Kier molecular flexibility index (Phi) is 4.80. The highest BCUT2D eigenvalue weighted by atomic mass is 79.9. The Bertz CT molecular complexity index is 538. The molecule has 0 radical (unpaired) electrons. The summed E-state index contributed by atoms with van der Waals surface area (Å²) in [6.45, 7) is 2.11. The average molecular weight is 342 g/mol. The van der Waals surface area contributed by atoms with Crippen LogP contribution in [0.1, 0.15) is 44.6 Å². The van der Waals surface area contributed by atoms with E-state index >= 15 is 0 Å². The summed E-state index contributed by atoms with van der Waals surface area (Å²) in [6, 6.07) is 4.98. The van der Waals surface area contributed by atoms with E-state index < -0.39 is 17.0 Å². The normalized spacial score (nSPS) is 26.2. The molecule has 0 heterocycles. The number of hydrogen-bond acceptors (Lipinski definition) is 1. The van der Waals surface area contributed by atoms with Crippen LogP contribution in [0.5, 0.6) is 0 Å². The minimum atomic E-state index is -0.624. The molecule has 1 fully saturated rings. The summed E-state index contributed by atoms with van der Waals surface area (Å²) in [5.74, 6) is -0.640. The molecule has 1 aliphatic carbocycles. The van der Waals surface area contributed by atoms with Crippen LogP contribution in [0.3, 0.4) is 0 Å². The van der Waals surface area contributed by atoms with Gasteiger partial charge in [0.1, 0.15) is 11.6 Å². The molecule has 0 N–H and O–H groups in total. The summed E-state index contributed by atoms with van der Waals surface area (Å²) < 4.78 is 28.3. The van der Waals surface area contributed by atoms with Crippen LogP contribution in [0, 0.1) is 34.3 Å². The van der Waals surface area contributed by atoms with Crippen LogP contribution in [-0.4, -0.2) is 0 Å². The van der Waals surface area contributed by atoms with Crippen molar-refractivity contribution in [3.63, 3.8) is 0 Å².